The normalized spacial score (nSPS) is 16.0. The van der Waals surface area contributed by atoms with E-state index in [1.165, 1.54) is 5.56 Å². The number of ether oxygens (including phenoxy) is 1. The summed E-state index contributed by atoms with van der Waals surface area (Å²) in [7, 11) is -1.94. The van der Waals surface area contributed by atoms with Crippen LogP contribution in [0.15, 0.2) is 47.4 Å². The summed E-state index contributed by atoms with van der Waals surface area (Å²) >= 11 is 0. The van der Waals surface area contributed by atoms with E-state index in [0.29, 0.717) is 11.4 Å². The van der Waals surface area contributed by atoms with E-state index in [9.17, 15) is 8.42 Å². The van der Waals surface area contributed by atoms with Gasteiger partial charge < -0.3 is 4.74 Å². The van der Waals surface area contributed by atoms with Gasteiger partial charge in [-0.05, 0) is 55.5 Å². The standard InChI is InChI=1S/C19H23NO3S/c1-14-11-17(12-15(2)18(14)23-3)24(21,22)20-13-19(9-10-19)16-7-5-4-6-8-16/h4-8,11-12,20H,9-10,13H2,1-3H3. The summed E-state index contributed by atoms with van der Waals surface area (Å²) in [6.07, 6.45) is 2.03. The molecular formula is C19H23NO3S. The second kappa shape index (κ2) is 6.22. The molecule has 1 N–H and O–H groups in total. The van der Waals surface area contributed by atoms with Gasteiger partial charge in [0.2, 0.25) is 10.0 Å². The molecule has 4 nitrogen and oxygen atoms in total. The van der Waals surface area contributed by atoms with Gasteiger partial charge in [0.1, 0.15) is 5.75 Å². The summed E-state index contributed by atoms with van der Waals surface area (Å²) in [5.74, 6) is 0.733. The first-order valence-corrected chi connectivity index (χ1v) is 9.57. The van der Waals surface area contributed by atoms with Crippen LogP contribution in [0.4, 0.5) is 0 Å². The molecule has 0 amide bonds. The number of aryl methyl sites for hydroxylation is 2. The monoisotopic (exact) mass is 345 g/mol. The molecule has 2 aromatic rings. The van der Waals surface area contributed by atoms with Crippen molar-refractivity contribution in [2.45, 2.75) is 37.0 Å². The lowest BCUT2D eigenvalue weighted by molar-refractivity contribution is 0.408. The summed E-state index contributed by atoms with van der Waals surface area (Å²) in [4.78, 5) is 0.294. The highest BCUT2D eigenvalue weighted by Gasteiger charge is 2.44. The molecule has 5 heteroatoms. The second-order valence-electron chi connectivity index (χ2n) is 6.56. The largest absolute Gasteiger partial charge is 0.496 e. The first-order chi connectivity index (χ1) is 11.4. The lowest BCUT2D eigenvalue weighted by atomic mass is 9.96. The number of hydrogen-bond donors (Lipinski definition) is 1. The van der Waals surface area contributed by atoms with Gasteiger partial charge in [-0.2, -0.15) is 0 Å². The summed E-state index contributed by atoms with van der Waals surface area (Å²) in [6, 6.07) is 13.4. The minimum Gasteiger partial charge on any atom is -0.496 e. The van der Waals surface area contributed by atoms with Crippen LogP contribution in [0, 0.1) is 13.8 Å². The van der Waals surface area contributed by atoms with Gasteiger partial charge in [0.25, 0.3) is 0 Å². The molecule has 0 aliphatic heterocycles. The van der Waals surface area contributed by atoms with Gasteiger partial charge in [-0.3, -0.25) is 0 Å². The zero-order valence-corrected chi connectivity index (χ0v) is 15.1. The van der Waals surface area contributed by atoms with Crippen LogP contribution in [-0.4, -0.2) is 22.1 Å². The van der Waals surface area contributed by atoms with Gasteiger partial charge >= 0.3 is 0 Å². The van der Waals surface area contributed by atoms with Gasteiger partial charge in [0.05, 0.1) is 12.0 Å². The summed E-state index contributed by atoms with van der Waals surface area (Å²) < 4.78 is 33.5. The van der Waals surface area contributed by atoms with E-state index in [1.54, 1.807) is 19.2 Å². The highest BCUT2D eigenvalue weighted by atomic mass is 32.2. The van der Waals surface area contributed by atoms with Crippen LogP contribution < -0.4 is 9.46 Å². The fraction of sp³-hybridized carbons (Fsp3) is 0.368. The van der Waals surface area contributed by atoms with Crippen molar-refractivity contribution >= 4 is 10.0 Å². The molecule has 0 bridgehead atoms. The smallest absolute Gasteiger partial charge is 0.240 e. The maximum Gasteiger partial charge on any atom is 0.240 e. The molecule has 1 aliphatic carbocycles. The Balaban J connectivity index is 1.80. The molecule has 1 fully saturated rings. The summed E-state index contributed by atoms with van der Waals surface area (Å²) in [5, 5.41) is 0. The minimum atomic E-state index is -3.54. The van der Waals surface area contributed by atoms with E-state index in [-0.39, 0.29) is 5.41 Å². The Kier molecular flexibility index (Phi) is 4.40. The van der Waals surface area contributed by atoms with Crippen molar-refractivity contribution in [3.63, 3.8) is 0 Å². The first-order valence-electron chi connectivity index (χ1n) is 8.08. The van der Waals surface area contributed by atoms with Crippen LogP contribution in [-0.2, 0) is 15.4 Å². The average Bonchev–Trinajstić information content (AvgIpc) is 3.35. The van der Waals surface area contributed by atoms with E-state index in [1.807, 2.05) is 32.0 Å². The van der Waals surface area contributed by atoms with Crippen molar-refractivity contribution in [1.82, 2.24) is 4.72 Å². The summed E-state index contributed by atoms with van der Waals surface area (Å²) in [5.41, 5.74) is 2.80. The van der Waals surface area contributed by atoms with Crippen LogP contribution in [0.2, 0.25) is 0 Å². The van der Waals surface area contributed by atoms with Crippen LogP contribution in [0.1, 0.15) is 29.5 Å². The van der Waals surface area contributed by atoms with Crippen LogP contribution in [0.25, 0.3) is 0 Å². The van der Waals surface area contributed by atoms with Crippen molar-refractivity contribution in [1.29, 1.82) is 0 Å². The van der Waals surface area contributed by atoms with Gasteiger partial charge in [-0.15, -0.1) is 0 Å². The molecular weight excluding hydrogens is 322 g/mol. The first kappa shape index (κ1) is 17.0. The molecule has 0 unspecified atom stereocenters. The van der Waals surface area contributed by atoms with Crippen molar-refractivity contribution in [2.75, 3.05) is 13.7 Å². The van der Waals surface area contributed by atoms with Crippen LogP contribution in [0.5, 0.6) is 5.75 Å². The molecule has 24 heavy (non-hydrogen) atoms. The third-order valence-corrected chi connectivity index (χ3v) is 6.17. The average molecular weight is 345 g/mol. The lowest BCUT2D eigenvalue weighted by Gasteiger charge is -2.17. The molecule has 0 saturated heterocycles. The number of sulfonamides is 1. The SMILES string of the molecule is COc1c(C)cc(S(=O)(=O)NCC2(c3ccccc3)CC2)cc1C. The van der Waals surface area contributed by atoms with Crippen LogP contribution >= 0.6 is 0 Å². The summed E-state index contributed by atoms with van der Waals surface area (Å²) in [6.45, 7) is 4.15. The molecule has 0 spiro atoms. The Morgan fingerprint density at radius 3 is 2.17 bits per heavy atom. The number of rotatable bonds is 6. The molecule has 0 atom stereocenters. The lowest BCUT2D eigenvalue weighted by Crippen LogP contribution is -2.32. The number of nitrogens with one attached hydrogen (secondary N) is 1. The zero-order chi connectivity index (χ0) is 17.4. The van der Waals surface area contributed by atoms with Crippen molar-refractivity contribution < 1.29 is 13.2 Å². The molecule has 1 aliphatic rings. The fourth-order valence-corrected chi connectivity index (χ4v) is 4.51. The topological polar surface area (TPSA) is 55.4 Å². The molecule has 2 aromatic carbocycles. The number of hydrogen-bond acceptors (Lipinski definition) is 3. The molecule has 1 saturated carbocycles. The Morgan fingerprint density at radius 2 is 1.67 bits per heavy atom. The zero-order valence-electron chi connectivity index (χ0n) is 14.3. The quantitative estimate of drug-likeness (QED) is 0.874. The molecule has 128 valence electrons. The van der Waals surface area contributed by atoms with E-state index >= 15 is 0 Å². The van der Waals surface area contributed by atoms with Crippen molar-refractivity contribution in [2.24, 2.45) is 0 Å². The van der Waals surface area contributed by atoms with Gasteiger partial charge in [0.15, 0.2) is 0 Å². The Hall–Kier alpha value is -1.85. The Labute approximate surface area is 143 Å². The minimum absolute atomic E-state index is 0.0507. The van der Waals surface area contributed by atoms with Gasteiger partial charge in [-0.1, -0.05) is 30.3 Å². The van der Waals surface area contributed by atoms with Crippen molar-refractivity contribution in [3.8, 4) is 5.75 Å². The van der Waals surface area contributed by atoms with Crippen molar-refractivity contribution in [3.05, 3.63) is 59.2 Å². The Morgan fingerprint density at radius 1 is 1.08 bits per heavy atom. The highest BCUT2D eigenvalue weighted by Crippen LogP contribution is 2.47. The number of benzene rings is 2. The second-order valence-corrected chi connectivity index (χ2v) is 8.33. The van der Waals surface area contributed by atoms with E-state index < -0.39 is 10.0 Å². The van der Waals surface area contributed by atoms with E-state index in [4.69, 9.17) is 4.74 Å². The maximum atomic E-state index is 12.7. The molecule has 3 rings (SSSR count). The fourth-order valence-electron chi connectivity index (χ4n) is 3.21. The van der Waals surface area contributed by atoms with Gasteiger partial charge in [0, 0.05) is 12.0 Å². The predicted molar refractivity (Wildman–Crippen MR) is 95.0 cm³/mol. The van der Waals surface area contributed by atoms with Gasteiger partial charge in [-0.25, -0.2) is 13.1 Å². The molecule has 0 heterocycles. The van der Waals surface area contributed by atoms with E-state index in [0.717, 1.165) is 29.7 Å². The maximum absolute atomic E-state index is 12.7. The predicted octanol–water partition coefficient (Wildman–Crippen LogP) is 3.32. The highest BCUT2D eigenvalue weighted by molar-refractivity contribution is 7.89. The third kappa shape index (κ3) is 3.19. The number of methoxy groups -OCH3 is 1. The molecule has 0 aromatic heterocycles. The molecule has 0 radical (unpaired) electrons. The van der Waals surface area contributed by atoms with Crippen LogP contribution in [0.3, 0.4) is 0 Å². The van der Waals surface area contributed by atoms with E-state index in [2.05, 4.69) is 16.9 Å². The third-order valence-electron chi connectivity index (χ3n) is 4.79. The Bertz CT molecular complexity index is 817.